The molecule has 0 saturated carbocycles. The third-order valence-electron chi connectivity index (χ3n) is 2.87. The van der Waals surface area contributed by atoms with Gasteiger partial charge in [-0.15, -0.1) is 0 Å². The van der Waals surface area contributed by atoms with Crippen LogP contribution < -0.4 is 0 Å². The van der Waals surface area contributed by atoms with Crippen LogP contribution in [0.3, 0.4) is 0 Å². The fourth-order valence-electron chi connectivity index (χ4n) is 2.11. The van der Waals surface area contributed by atoms with E-state index in [0.717, 1.165) is 12.3 Å². The van der Waals surface area contributed by atoms with Gasteiger partial charge in [-0.3, -0.25) is 0 Å². The lowest BCUT2D eigenvalue weighted by Gasteiger charge is -2.30. The molecule has 0 aliphatic carbocycles. The van der Waals surface area contributed by atoms with Gasteiger partial charge in [0, 0.05) is 13.2 Å². The Labute approximate surface area is 81.9 Å². The molecule has 2 nitrogen and oxygen atoms in total. The first-order valence-corrected chi connectivity index (χ1v) is 5.66. The molecule has 0 aromatic rings. The normalized spacial score (nSPS) is 24.9. The van der Waals surface area contributed by atoms with Crippen LogP contribution in [0, 0.1) is 5.92 Å². The summed E-state index contributed by atoms with van der Waals surface area (Å²) in [6, 6.07) is 0. The number of hydrogen-bond acceptors (Lipinski definition) is 2. The van der Waals surface area contributed by atoms with Crippen LogP contribution in [-0.4, -0.2) is 36.2 Å². The van der Waals surface area contributed by atoms with Gasteiger partial charge in [0.15, 0.2) is 0 Å². The number of nitrogens with zero attached hydrogens (tertiary/aromatic N) is 1. The van der Waals surface area contributed by atoms with Gasteiger partial charge in [0.2, 0.25) is 0 Å². The van der Waals surface area contributed by atoms with Crippen molar-refractivity contribution in [2.24, 2.45) is 5.92 Å². The highest BCUT2D eigenvalue weighted by molar-refractivity contribution is 4.69. The molecule has 13 heavy (non-hydrogen) atoms. The van der Waals surface area contributed by atoms with Gasteiger partial charge < -0.3 is 10.0 Å². The number of unbranched alkanes of at least 4 members (excludes halogenated alkanes) is 2. The van der Waals surface area contributed by atoms with Crippen molar-refractivity contribution in [2.45, 2.75) is 39.0 Å². The summed E-state index contributed by atoms with van der Waals surface area (Å²) in [6.07, 6.45) is 6.20. The van der Waals surface area contributed by atoms with E-state index in [9.17, 15) is 0 Å². The van der Waals surface area contributed by atoms with E-state index in [-0.39, 0.29) is 0 Å². The van der Waals surface area contributed by atoms with Crippen molar-refractivity contribution >= 4 is 0 Å². The average molecular weight is 185 g/mol. The summed E-state index contributed by atoms with van der Waals surface area (Å²) in [5.41, 5.74) is 0. The minimum Gasteiger partial charge on any atom is -0.396 e. The molecular weight excluding hydrogens is 162 g/mol. The largest absolute Gasteiger partial charge is 0.396 e. The third kappa shape index (κ3) is 4.63. The zero-order valence-corrected chi connectivity index (χ0v) is 8.84. The smallest absolute Gasteiger partial charge is 0.0431 e. The lowest BCUT2D eigenvalue weighted by atomic mass is 10.00. The van der Waals surface area contributed by atoms with E-state index in [2.05, 4.69) is 11.8 Å². The van der Waals surface area contributed by atoms with Gasteiger partial charge in [0.25, 0.3) is 0 Å². The summed E-state index contributed by atoms with van der Waals surface area (Å²) in [5, 5.41) is 8.63. The van der Waals surface area contributed by atoms with Crippen molar-refractivity contribution in [1.29, 1.82) is 0 Å². The Hall–Kier alpha value is -0.0800. The first-order valence-electron chi connectivity index (χ1n) is 5.66. The molecule has 0 amide bonds. The molecule has 1 saturated heterocycles. The van der Waals surface area contributed by atoms with Crippen molar-refractivity contribution in [3.8, 4) is 0 Å². The lowest BCUT2D eigenvalue weighted by Crippen LogP contribution is -2.34. The molecule has 0 radical (unpaired) electrons. The highest BCUT2D eigenvalue weighted by Crippen LogP contribution is 2.15. The Morgan fingerprint density at radius 3 is 2.85 bits per heavy atom. The standard InChI is InChI=1S/C11H23NO/c1-11-6-5-8-12(10-11)7-3-2-4-9-13/h11,13H,2-10H2,1H3. The summed E-state index contributed by atoms with van der Waals surface area (Å²) in [6.45, 7) is 6.53. The van der Waals surface area contributed by atoms with Gasteiger partial charge in [-0.1, -0.05) is 6.92 Å². The molecule has 1 heterocycles. The Balaban J connectivity index is 2.00. The zero-order valence-electron chi connectivity index (χ0n) is 8.84. The van der Waals surface area contributed by atoms with E-state index in [1.807, 2.05) is 0 Å². The maximum absolute atomic E-state index is 8.63. The second-order valence-electron chi connectivity index (χ2n) is 4.33. The Morgan fingerprint density at radius 1 is 1.31 bits per heavy atom. The van der Waals surface area contributed by atoms with Crippen molar-refractivity contribution in [3.63, 3.8) is 0 Å². The fraction of sp³-hybridized carbons (Fsp3) is 1.00. The monoisotopic (exact) mass is 185 g/mol. The number of likely N-dealkylation sites (tertiary alicyclic amines) is 1. The Morgan fingerprint density at radius 2 is 2.15 bits per heavy atom. The van der Waals surface area contributed by atoms with Crippen molar-refractivity contribution in [3.05, 3.63) is 0 Å². The minimum absolute atomic E-state index is 0.358. The van der Waals surface area contributed by atoms with Gasteiger partial charge in [-0.2, -0.15) is 0 Å². The van der Waals surface area contributed by atoms with Crippen LogP contribution in [0.4, 0.5) is 0 Å². The molecule has 2 heteroatoms. The van der Waals surface area contributed by atoms with Crippen LogP contribution in [0.2, 0.25) is 0 Å². The van der Waals surface area contributed by atoms with Crippen LogP contribution in [0.25, 0.3) is 0 Å². The number of hydrogen-bond donors (Lipinski definition) is 1. The van der Waals surface area contributed by atoms with Crippen LogP contribution in [0.5, 0.6) is 0 Å². The molecule has 1 unspecified atom stereocenters. The minimum atomic E-state index is 0.358. The predicted octanol–water partition coefficient (Wildman–Crippen LogP) is 1.88. The van der Waals surface area contributed by atoms with Gasteiger partial charge in [-0.05, 0) is 51.1 Å². The molecule has 0 aromatic heterocycles. The number of aliphatic hydroxyl groups is 1. The van der Waals surface area contributed by atoms with Gasteiger partial charge >= 0.3 is 0 Å². The summed E-state index contributed by atoms with van der Waals surface area (Å²) in [7, 11) is 0. The van der Waals surface area contributed by atoms with Gasteiger partial charge in [0.05, 0.1) is 0 Å². The molecule has 1 aliphatic rings. The number of rotatable bonds is 5. The molecule has 0 spiro atoms. The van der Waals surface area contributed by atoms with Crippen LogP contribution in [0.15, 0.2) is 0 Å². The third-order valence-corrected chi connectivity index (χ3v) is 2.87. The molecule has 0 aromatic carbocycles. The molecular formula is C11H23NO. The van der Waals surface area contributed by atoms with Crippen molar-refractivity contribution in [1.82, 2.24) is 4.90 Å². The van der Waals surface area contributed by atoms with Crippen LogP contribution in [0.1, 0.15) is 39.0 Å². The summed E-state index contributed by atoms with van der Waals surface area (Å²) in [4.78, 5) is 2.57. The van der Waals surface area contributed by atoms with E-state index in [0.29, 0.717) is 6.61 Å². The molecule has 1 N–H and O–H groups in total. The zero-order chi connectivity index (χ0) is 9.52. The van der Waals surface area contributed by atoms with E-state index in [1.54, 1.807) is 0 Å². The number of aliphatic hydroxyl groups excluding tert-OH is 1. The van der Waals surface area contributed by atoms with E-state index in [4.69, 9.17) is 5.11 Å². The first-order chi connectivity index (χ1) is 6.33. The lowest BCUT2D eigenvalue weighted by molar-refractivity contribution is 0.179. The topological polar surface area (TPSA) is 23.5 Å². The van der Waals surface area contributed by atoms with Crippen LogP contribution in [-0.2, 0) is 0 Å². The molecule has 1 atom stereocenters. The number of piperidine rings is 1. The van der Waals surface area contributed by atoms with Crippen molar-refractivity contribution < 1.29 is 5.11 Å². The molecule has 1 rings (SSSR count). The molecule has 1 fully saturated rings. The van der Waals surface area contributed by atoms with E-state index < -0.39 is 0 Å². The van der Waals surface area contributed by atoms with Crippen LogP contribution >= 0.6 is 0 Å². The van der Waals surface area contributed by atoms with Gasteiger partial charge in [-0.25, -0.2) is 0 Å². The molecule has 78 valence electrons. The fourth-order valence-corrected chi connectivity index (χ4v) is 2.11. The van der Waals surface area contributed by atoms with Gasteiger partial charge in [0.1, 0.15) is 0 Å². The Kier molecular flexibility index (Phi) is 5.40. The first kappa shape index (κ1) is 11.0. The summed E-state index contributed by atoms with van der Waals surface area (Å²) in [5.74, 6) is 0.895. The maximum Gasteiger partial charge on any atom is 0.0431 e. The second-order valence-corrected chi connectivity index (χ2v) is 4.33. The Bertz CT molecular complexity index is 127. The summed E-state index contributed by atoms with van der Waals surface area (Å²) >= 11 is 0. The molecule has 0 bridgehead atoms. The predicted molar refractivity (Wildman–Crippen MR) is 55.8 cm³/mol. The quantitative estimate of drug-likeness (QED) is 0.661. The van der Waals surface area contributed by atoms with E-state index in [1.165, 1.54) is 45.3 Å². The SMILES string of the molecule is CC1CCCN(CCCCCO)C1. The van der Waals surface area contributed by atoms with E-state index >= 15 is 0 Å². The van der Waals surface area contributed by atoms with Crippen molar-refractivity contribution in [2.75, 3.05) is 26.2 Å². The highest BCUT2D eigenvalue weighted by atomic mass is 16.2. The maximum atomic E-state index is 8.63. The second kappa shape index (κ2) is 6.39. The molecule has 1 aliphatic heterocycles. The summed E-state index contributed by atoms with van der Waals surface area (Å²) < 4.78 is 0. The highest BCUT2D eigenvalue weighted by Gasteiger charge is 2.14. The average Bonchev–Trinajstić information content (AvgIpc) is 2.13.